The number of nitrogens with two attached hydrogens (primary N) is 2. The Morgan fingerprint density at radius 3 is 2.53 bits per heavy atom. The third kappa shape index (κ3) is 3.05. The summed E-state index contributed by atoms with van der Waals surface area (Å²) in [6.45, 7) is 0.246. The molecule has 0 unspecified atom stereocenters. The molecule has 1 aromatic rings. The molecule has 82 valence electrons. The number of carbonyl (C=O) groups is 1. The van der Waals surface area contributed by atoms with E-state index in [-0.39, 0.29) is 12.5 Å². The summed E-state index contributed by atoms with van der Waals surface area (Å²) in [5.74, 6) is 0.00500. The first kappa shape index (κ1) is 11.2. The minimum absolute atomic E-state index is 0.00500. The predicted octanol–water partition coefficient (Wildman–Crippen LogP) is 0.351. The minimum atomic E-state index is 0.00500. The van der Waals surface area contributed by atoms with Gasteiger partial charge < -0.3 is 21.7 Å². The number of likely N-dealkylation sites (N-methyl/N-ethyl adjacent to an activating group) is 1. The van der Waals surface area contributed by atoms with Gasteiger partial charge in [-0.25, -0.2) is 0 Å². The summed E-state index contributed by atoms with van der Waals surface area (Å²) in [6.07, 6.45) is 0. The van der Waals surface area contributed by atoms with Crippen LogP contribution >= 0.6 is 0 Å². The molecule has 0 aliphatic rings. The Morgan fingerprint density at radius 1 is 1.33 bits per heavy atom. The molecule has 0 spiro atoms. The summed E-state index contributed by atoms with van der Waals surface area (Å²) >= 11 is 0. The Kier molecular flexibility index (Phi) is 3.38. The maximum Gasteiger partial charge on any atom is 0.241 e. The average Bonchev–Trinajstić information content (AvgIpc) is 2.19. The van der Waals surface area contributed by atoms with Crippen LogP contribution in [0.2, 0.25) is 0 Å². The van der Waals surface area contributed by atoms with Crippen LogP contribution in [0.15, 0.2) is 18.2 Å². The number of benzene rings is 1. The Hall–Kier alpha value is -1.91. The standard InChI is InChI=1S/C10H16N4O/c1-14(2)10(15)6-13-7-3-4-8(11)9(12)5-7/h3-5,13H,6,11-12H2,1-2H3. The van der Waals surface area contributed by atoms with Crippen LogP contribution in [0.4, 0.5) is 17.1 Å². The Balaban J connectivity index is 2.58. The average molecular weight is 208 g/mol. The molecule has 1 rings (SSSR count). The van der Waals surface area contributed by atoms with Gasteiger partial charge in [0.2, 0.25) is 5.91 Å². The van der Waals surface area contributed by atoms with Crippen LogP contribution in [0, 0.1) is 0 Å². The molecule has 0 fully saturated rings. The Morgan fingerprint density at radius 2 is 2.00 bits per heavy atom. The predicted molar refractivity (Wildman–Crippen MR) is 62.5 cm³/mol. The molecule has 1 amide bonds. The van der Waals surface area contributed by atoms with E-state index in [1.165, 1.54) is 4.90 Å². The quantitative estimate of drug-likeness (QED) is 0.626. The number of nitrogens with one attached hydrogen (secondary N) is 1. The van der Waals surface area contributed by atoms with Crippen molar-refractivity contribution in [3.63, 3.8) is 0 Å². The van der Waals surface area contributed by atoms with Crippen LogP contribution in [0.5, 0.6) is 0 Å². The van der Waals surface area contributed by atoms with E-state index < -0.39 is 0 Å². The molecular weight excluding hydrogens is 192 g/mol. The zero-order valence-electron chi connectivity index (χ0n) is 8.95. The highest BCUT2D eigenvalue weighted by Crippen LogP contribution is 2.19. The van der Waals surface area contributed by atoms with E-state index in [0.29, 0.717) is 11.4 Å². The summed E-state index contributed by atoms with van der Waals surface area (Å²) in [6, 6.07) is 5.20. The van der Waals surface area contributed by atoms with Crippen LogP contribution in [-0.4, -0.2) is 31.4 Å². The van der Waals surface area contributed by atoms with Crippen molar-refractivity contribution in [3.8, 4) is 0 Å². The van der Waals surface area contributed by atoms with E-state index in [0.717, 1.165) is 5.69 Å². The van der Waals surface area contributed by atoms with Crippen molar-refractivity contribution < 1.29 is 4.79 Å². The minimum Gasteiger partial charge on any atom is -0.397 e. The number of carbonyl (C=O) groups excluding carboxylic acids is 1. The fraction of sp³-hybridized carbons (Fsp3) is 0.300. The van der Waals surface area contributed by atoms with Crippen molar-refractivity contribution in [2.45, 2.75) is 0 Å². The third-order valence-corrected chi connectivity index (χ3v) is 2.03. The van der Waals surface area contributed by atoms with Gasteiger partial charge in [-0.2, -0.15) is 0 Å². The van der Waals surface area contributed by atoms with Crippen LogP contribution in [-0.2, 0) is 4.79 Å². The molecule has 0 bridgehead atoms. The van der Waals surface area contributed by atoms with E-state index in [9.17, 15) is 4.79 Å². The lowest BCUT2D eigenvalue weighted by Crippen LogP contribution is -2.28. The number of nitrogens with zero attached hydrogens (tertiary/aromatic N) is 1. The van der Waals surface area contributed by atoms with Crippen molar-refractivity contribution in [2.75, 3.05) is 37.4 Å². The molecule has 0 saturated heterocycles. The first-order chi connectivity index (χ1) is 7.00. The topological polar surface area (TPSA) is 84.4 Å². The molecule has 0 saturated carbocycles. The van der Waals surface area contributed by atoms with Gasteiger partial charge in [-0.15, -0.1) is 0 Å². The lowest BCUT2D eigenvalue weighted by molar-refractivity contribution is -0.126. The molecule has 0 atom stereocenters. The Labute approximate surface area is 89.0 Å². The van der Waals surface area contributed by atoms with E-state index in [1.54, 1.807) is 32.3 Å². The first-order valence-corrected chi connectivity index (χ1v) is 4.59. The van der Waals surface area contributed by atoms with Crippen LogP contribution < -0.4 is 16.8 Å². The summed E-state index contributed by atoms with van der Waals surface area (Å²) in [5, 5.41) is 2.97. The van der Waals surface area contributed by atoms with Gasteiger partial charge in [0.05, 0.1) is 17.9 Å². The van der Waals surface area contributed by atoms with Gasteiger partial charge >= 0.3 is 0 Å². The second kappa shape index (κ2) is 4.54. The number of anilines is 3. The highest BCUT2D eigenvalue weighted by atomic mass is 16.2. The van der Waals surface area contributed by atoms with Crippen molar-refractivity contribution in [1.82, 2.24) is 4.90 Å². The normalized spacial score (nSPS) is 9.73. The maximum absolute atomic E-state index is 11.3. The van der Waals surface area contributed by atoms with E-state index in [1.807, 2.05) is 0 Å². The van der Waals surface area contributed by atoms with Crippen molar-refractivity contribution in [1.29, 1.82) is 0 Å². The number of hydrogen-bond acceptors (Lipinski definition) is 4. The Bertz CT molecular complexity index is 362. The van der Waals surface area contributed by atoms with Crippen LogP contribution in [0.1, 0.15) is 0 Å². The van der Waals surface area contributed by atoms with Gasteiger partial charge in [0, 0.05) is 19.8 Å². The van der Waals surface area contributed by atoms with E-state index in [2.05, 4.69) is 5.32 Å². The lowest BCUT2D eigenvalue weighted by atomic mass is 10.2. The monoisotopic (exact) mass is 208 g/mol. The molecule has 1 aromatic carbocycles. The van der Waals surface area contributed by atoms with Crippen LogP contribution in [0.25, 0.3) is 0 Å². The number of rotatable bonds is 3. The molecule has 5 heteroatoms. The zero-order chi connectivity index (χ0) is 11.4. The molecule has 15 heavy (non-hydrogen) atoms. The molecule has 0 aromatic heterocycles. The second-order valence-corrected chi connectivity index (χ2v) is 3.49. The summed E-state index contributed by atoms with van der Waals surface area (Å²) in [4.78, 5) is 12.8. The van der Waals surface area contributed by atoms with Crippen LogP contribution in [0.3, 0.4) is 0 Å². The molecule has 0 aliphatic carbocycles. The number of hydrogen-bond donors (Lipinski definition) is 3. The van der Waals surface area contributed by atoms with Gasteiger partial charge in [-0.1, -0.05) is 0 Å². The molecule has 0 radical (unpaired) electrons. The van der Waals surface area contributed by atoms with Gasteiger partial charge in [-0.05, 0) is 18.2 Å². The maximum atomic E-state index is 11.3. The molecular formula is C10H16N4O. The zero-order valence-corrected chi connectivity index (χ0v) is 8.95. The summed E-state index contributed by atoms with van der Waals surface area (Å²) in [5.41, 5.74) is 13.0. The summed E-state index contributed by atoms with van der Waals surface area (Å²) in [7, 11) is 3.42. The largest absolute Gasteiger partial charge is 0.397 e. The highest BCUT2D eigenvalue weighted by molar-refractivity contribution is 5.81. The van der Waals surface area contributed by atoms with Crippen molar-refractivity contribution >= 4 is 23.0 Å². The third-order valence-electron chi connectivity index (χ3n) is 2.03. The molecule has 5 N–H and O–H groups in total. The van der Waals surface area contributed by atoms with Gasteiger partial charge in [-0.3, -0.25) is 4.79 Å². The van der Waals surface area contributed by atoms with Crippen molar-refractivity contribution in [3.05, 3.63) is 18.2 Å². The lowest BCUT2D eigenvalue weighted by Gasteiger charge is -2.12. The fourth-order valence-electron chi connectivity index (χ4n) is 1.02. The van der Waals surface area contributed by atoms with Gasteiger partial charge in [0.1, 0.15) is 0 Å². The number of amides is 1. The molecule has 0 aliphatic heterocycles. The fourth-order valence-corrected chi connectivity index (χ4v) is 1.02. The SMILES string of the molecule is CN(C)C(=O)CNc1ccc(N)c(N)c1. The van der Waals surface area contributed by atoms with E-state index in [4.69, 9.17) is 11.5 Å². The first-order valence-electron chi connectivity index (χ1n) is 4.59. The van der Waals surface area contributed by atoms with Crippen molar-refractivity contribution in [2.24, 2.45) is 0 Å². The number of nitrogen functional groups attached to an aromatic ring is 2. The second-order valence-electron chi connectivity index (χ2n) is 3.49. The smallest absolute Gasteiger partial charge is 0.241 e. The van der Waals surface area contributed by atoms with Gasteiger partial charge in [0.15, 0.2) is 0 Å². The van der Waals surface area contributed by atoms with Gasteiger partial charge in [0.25, 0.3) is 0 Å². The molecule has 0 heterocycles. The van der Waals surface area contributed by atoms with E-state index >= 15 is 0 Å². The molecule has 5 nitrogen and oxygen atoms in total. The highest BCUT2D eigenvalue weighted by Gasteiger charge is 2.03. The summed E-state index contributed by atoms with van der Waals surface area (Å²) < 4.78 is 0.